The Kier molecular flexibility index (Phi) is 5.25. The number of nitrogens with zero attached hydrogens (tertiary/aromatic N) is 2. The minimum absolute atomic E-state index is 0.0265. The Bertz CT molecular complexity index is 567. The molecule has 0 amide bonds. The molecule has 1 heterocycles. The SMILES string of the molecule is CCOc1cc(CNc2cncnc2)ccc1OC(F)F. The Balaban J connectivity index is 2.08. The molecule has 2 aromatic rings. The zero-order valence-electron chi connectivity index (χ0n) is 11.4. The van der Waals surface area contributed by atoms with Crippen molar-refractivity contribution in [1.82, 2.24) is 9.97 Å². The summed E-state index contributed by atoms with van der Waals surface area (Å²) in [6.45, 7) is -0.251. The van der Waals surface area contributed by atoms with Crippen molar-refractivity contribution in [3.05, 3.63) is 42.5 Å². The molecule has 1 N–H and O–H groups in total. The summed E-state index contributed by atoms with van der Waals surface area (Å²) in [7, 11) is 0. The normalized spacial score (nSPS) is 10.5. The first-order valence-electron chi connectivity index (χ1n) is 6.38. The van der Waals surface area contributed by atoms with Crippen molar-refractivity contribution in [3.63, 3.8) is 0 Å². The third kappa shape index (κ3) is 4.55. The second-order valence-electron chi connectivity index (χ2n) is 4.07. The first-order valence-corrected chi connectivity index (χ1v) is 6.38. The van der Waals surface area contributed by atoms with E-state index in [2.05, 4.69) is 20.0 Å². The molecule has 0 radical (unpaired) electrons. The third-order valence-corrected chi connectivity index (χ3v) is 2.58. The number of alkyl halides is 2. The number of aromatic nitrogens is 2. The fraction of sp³-hybridized carbons (Fsp3) is 0.286. The van der Waals surface area contributed by atoms with Crippen molar-refractivity contribution in [2.75, 3.05) is 11.9 Å². The van der Waals surface area contributed by atoms with E-state index in [0.29, 0.717) is 18.9 Å². The molecule has 21 heavy (non-hydrogen) atoms. The topological polar surface area (TPSA) is 56.3 Å². The van der Waals surface area contributed by atoms with Crippen LogP contribution in [0.3, 0.4) is 0 Å². The molecular weight excluding hydrogens is 280 g/mol. The van der Waals surface area contributed by atoms with Gasteiger partial charge in [-0.3, -0.25) is 0 Å². The van der Waals surface area contributed by atoms with E-state index in [4.69, 9.17) is 4.74 Å². The molecular formula is C14H15F2N3O2. The summed E-state index contributed by atoms with van der Waals surface area (Å²) in [6.07, 6.45) is 4.73. The van der Waals surface area contributed by atoms with E-state index in [9.17, 15) is 8.78 Å². The summed E-state index contributed by atoms with van der Waals surface area (Å²) in [5.74, 6) is 0.319. The Morgan fingerprint density at radius 1 is 1.19 bits per heavy atom. The lowest BCUT2D eigenvalue weighted by Crippen LogP contribution is -2.06. The van der Waals surface area contributed by atoms with Crippen LogP contribution in [0, 0.1) is 0 Å². The van der Waals surface area contributed by atoms with Crippen LogP contribution in [0.25, 0.3) is 0 Å². The molecule has 0 spiro atoms. The molecule has 0 bridgehead atoms. The summed E-state index contributed by atoms with van der Waals surface area (Å²) in [6, 6.07) is 4.82. The Labute approximate surface area is 120 Å². The maximum Gasteiger partial charge on any atom is 0.387 e. The van der Waals surface area contributed by atoms with Crippen molar-refractivity contribution >= 4 is 5.69 Å². The molecule has 1 aromatic carbocycles. The van der Waals surface area contributed by atoms with Crippen molar-refractivity contribution in [3.8, 4) is 11.5 Å². The summed E-state index contributed by atoms with van der Waals surface area (Å²) in [5, 5.41) is 3.12. The summed E-state index contributed by atoms with van der Waals surface area (Å²) >= 11 is 0. The Hall–Kier alpha value is -2.44. The number of benzene rings is 1. The lowest BCUT2D eigenvalue weighted by molar-refractivity contribution is -0.0514. The van der Waals surface area contributed by atoms with Crippen molar-refractivity contribution in [2.24, 2.45) is 0 Å². The number of hydrogen-bond donors (Lipinski definition) is 1. The molecule has 0 saturated heterocycles. The second-order valence-corrected chi connectivity index (χ2v) is 4.07. The van der Waals surface area contributed by atoms with E-state index >= 15 is 0 Å². The third-order valence-electron chi connectivity index (χ3n) is 2.58. The van der Waals surface area contributed by atoms with E-state index in [1.807, 2.05) is 0 Å². The number of hydrogen-bond acceptors (Lipinski definition) is 5. The van der Waals surface area contributed by atoms with Crippen LogP contribution in [0.1, 0.15) is 12.5 Å². The summed E-state index contributed by atoms with van der Waals surface area (Å²) in [5.41, 5.74) is 1.63. The van der Waals surface area contributed by atoms with E-state index in [-0.39, 0.29) is 5.75 Å². The molecule has 0 aliphatic heterocycles. The summed E-state index contributed by atoms with van der Waals surface area (Å²) < 4.78 is 34.4. The lowest BCUT2D eigenvalue weighted by Gasteiger charge is -2.13. The standard InChI is InChI=1S/C14H15F2N3O2/c1-2-20-13-5-10(3-4-12(13)21-14(15)16)6-19-11-7-17-9-18-8-11/h3-5,7-9,14,19H,2,6H2,1H3. The fourth-order valence-corrected chi connectivity index (χ4v) is 1.72. The van der Waals surface area contributed by atoms with Crippen LogP contribution in [0.4, 0.5) is 14.5 Å². The van der Waals surface area contributed by atoms with Crippen molar-refractivity contribution in [1.29, 1.82) is 0 Å². The van der Waals surface area contributed by atoms with E-state index in [1.54, 1.807) is 31.5 Å². The molecule has 2 rings (SSSR count). The molecule has 0 fully saturated rings. The number of ether oxygens (including phenoxy) is 2. The zero-order valence-corrected chi connectivity index (χ0v) is 11.4. The van der Waals surface area contributed by atoms with E-state index in [0.717, 1.165) is 11.3 Å². The van der Waals surface area contributed by atoms with Crippen LogP contribution >= 0.6 is 0 Å². The van der Waals surface area contributed by atoms with Gasteiger partial charge in [0.1, 0.15) is 6.33 Å². The summed E-state index contributed by atoms with van der Waals surface area (Å²) in [4.78, 5) is 7.78. The molecule has 1 aromatic heterocycles. The molecule has 0 aliphatic carbocycles. The first-order chi connectivity index (χ1) is 10.2. The monoisotopic (exact) mass is 295 g/mol. The van der Waals surface area contributed by atoms with Gasteiger partial charge in [-0.2, -0.15) is 8.78 Å². The molecule has 0 unspecified atom stereocenters. The smallest absolute Gasteiger partial charge is 0.387 e. The maximum absolute atomic E-state index is 12.3. The predicted molar refractivity (Wildman–Crippen MR) is 73.6 cm³/mol. The van der Waals surface area contributed by atoms with E-state index < -0.39 is 6.61 Å². The minimum Gasteiger partial charge on any atom is -0.490 e. The van der Waals surface area contributed by atoms with Crippen LogP contribution in [0.5, 0.6) is 11.5 Å². The molecule has 0 atom stereocenters. The van der Waals surface area contributed by atoms with Crippen LogP contribution in [0.15, 0.2) is 36.9 Å². The fourth-order valence-electron chi connectivity index (χ4n) is 1.72. The van der Waals surface area contributed by atoms with Crippen molar-refractivity contribution < 1.29 is 18.3 Å². The first kappa shape index (κ1) is 15.0. The van der Waals surface area contributed by atoms with Gasteiger partial charge in [0.2, 0.25) is 0 Å². The number of halogens is 2. The van der Waals surface area contributed by atoms with Gasteiger partial charge in [-0.05, 0) is 24.6 Å². The van der Waals surface area contributed by atoms with Gasteiger partial charge in [-0.25, -0.2) is 9.97 Å². The van der Waals surface area contributed by atoms with Gasteiger partial charge < -0.3 is 14.8 Å². The van der Waals surface area contributed by atoms with Gasteiger partial charge >= 0.3 is 6.61 Å². The molecule has 0 aliphatic rings. The second kappa shape index (κ2) is 7.37. The van der Waals surface area contributed by atoms with Crippen LogP contribution < -0.4 is 14.8 Å². The minimum atomic E-state index is -2.88. The van der Waals surface area contributed by atoms with Gasteiger partial charge in [-0.15, -0.1) is 0 Å². The highest BCUT2D eigenvalue weighted by Crippen LogP contribution is 2.30. The molecule has 5 nitrogen and oxygen atoms in total. The quantitative estimate of drug-likeness (QED) is 0.850. The predicted octanol–water partition coefficient (Wildman–Crippen LogP) is 3.09. The molecule has 112 valence electrons. The van der Waals surface area contributed by atoms with Gasteiger partial charge in [0.15, 0.2) is 11.5 Å². The zero-order chi connectivity index (χ0) is 15.1. The van der Waals surface area contributed by atoms with Gasteiger partial charge in [0, 0.05) is 6.54 Å². The number of anilines is 1. The Morgan fingerprint density at radius 3 is 2.62 bits per heavy atom. The number of rotatable bonds is 7. The van der Waals surface area contributed by atoms with Crippen LogP contribution in [-0.2, 0) is 6.54 Å². The van der Waals surface area contributed by atoms with Crippen LogP contribution in [0.2, 0.25) is 0 Å². The highest BCUT2D eigenvalue weighted by atomic mass is 19.3. The van der Waals surface area contributed by atoms with Gasteiger partial charge in [-0.1, -0.05) is 6.07 Å². The Morgan fingerprint density at radius 2 is 1.95 bits per heavy atom. The van der Waals surface area contributed by atoms with Gasteiger partial charge in [0.05, 0.1) is 24.7 Å². The average molecular weight is 295 g/mol. The lowest BCUT2D eigenvalue weighted by atomic mass is 10.2. The van der Waals surface area contributed by atoms with Gasteiger partial charge in [0.25, 0.3) is 0 Å². The number of nitrogens with one attached hydrogen (secondary N) is 1. The largest absolute Gasteiger partial charge is 0.490 e. The highest BCUT2D eigenvalue weighted by molar-refractivity contribution is 5.45. The maximum atomic E-state index is 12.3. The molecule has 7 heteroatoms. The van der Waals surface area contributed by atoms with Crippen LogP contribution in [-0.4, -0.2) is 23.2 Å². The van der Waals surface area contributed by atoms with E-state index in [1.165, 1.54) is 12.4 Å². The average Bonchev–Trinajstić information content (AvgIpc) is 2.48. The van der Waals surface area contributed by atoms with Crippen molar-refractivity contribution in [2.45, 2.75) is 20.1 Å². The highest BCUT2D eigenvalue weighted by Gasteiger charge is 2.11. The molecule has 0 saturated carbocycles.